The smallest absolute Gasteiger partial charge is 0.272 e. The van der Waals surface area contributed by atoms with Gasteiger partial charge in [0.05, 0.1) is 23.9 Å². The van der Waals surface area contributed by atoms with E-state index >= 15 is 0 Å². The zero-order chi connectivity index (χ0) is 17.4. The number of nitrogens with zero attached hydrogens (tertiary/aromatic N) is 2. The summed E-state index contributed by atoms with van der Waals surface area (Å²) in [6.45, 7) is -0.0717. The molecular weight excluding hydrogens is 330 g/mol. The number of ether oxygens (including phenoxy) is 2. The van der Waals surface area contributed by atoms with Gasteiger partial charge in [-0.25, -0.2) is 5.43 Å². The van der Waals surface area contributed by atoms with Crippen molar-refractivity contribution in [1.82, 2.24) is 5.43 Å². The quantitative estimate of drug-likeness (QED) is 0.645. The van der Waals surface area contributed by atoms with Crippen molar-refractivity contribution in [3.8, 4) is 17.6 Å². The van der Waals surface area contributed by atoms with Crippen LogP contribution in [0.3, 0.4) is 0 Å². The zero-order valence-corrected chi connectivity index (χ0v) is 13.6. The number of halogens is 1. The fourth-order valence-electron chi connectivity index (χ4n) is 1.86. The fourth-order valence-corrected chi connectivity index (χ4v) is 2.09. The zero-order valence-electron chi connectivity index (χ0n) is 12.8. The van der Waals surface area contributed by atoms with Crippen molar-refractivity contribution in [1.29, 1.82) is 5.26 Å². The van der Waals surface area contributed by atoms with Gasteiger partial charge in [-0.05, 0) is 35.9 Å². The molecule has 0 radical (unpaired) electrons. The lowest BCUT2D eigenvalue weighted by molar-refractivity contribution is 0.0955. The van der Waals surface area contributed by atoms with E-state index < -0.39 is 5.91 Å². The van der Waals surface area contributed by atoms with Gasteiger partial charge >= 0.3 is 0 Å². The van der Waals surface area contributed by atoms with Crippen LogP contribution in [0.5, 0.6) is 11.5 Å². The van der Waals surface area contributed by atoms with E-state index in [1.54, 1.807) is 42.5 Å². The Morgan fingerprint density at radius 3 is 2.83 bits per heavy atom. The first kappa shape index (κ1) is 17.3. The van der Waals surface area contributed by atoms with Crippen LogP contribution in [0.4, 0.5) is 0 Å². The normalized spacial score (nSPS) is 10.2. The number of hydrogen-bond acceptors (Lipinski definition) is 5. The van der Waals surface area contributed by atoms with Crippen LogP contribution in [-0.4, -0.2) is 25.8 Å². The molecule has 24 heavy (non-hydrogen) atoms. The van der Waals surface area contributed by atoms with E-state index in [2.05, 4.69) is 10.5 Å². The number of methoxy groups -OCH3 is 1. The molecule has 0 fully saturated rings. The lowest BCUT2D eigenvalue weighted by atomic mass is 10.2. The number of nitrogens with one attached hydrogen (secondary N) is 1. The first-order valence-electron chi connectivity index (χ1n) is 6.91. The van der Waals surface area contributed by atoms with Gasteiger partial charge in [-0.15, -0.1) is 0 Å². The molecule has 0 aliphatic rings. The molecule has 1 amide bonds. The van der Waals surface area contributed by atoms with Gasteiger partial charge in [0.25, 0.3) is 5.91 Å². The largest absolute Gasteiger partial charge is 0.493 e. The third kappa shape index (κ3) is 4.48. The molecule has 2 aromatic rings. The van der Waals surface area contributed by atoms with E-state index in [0.717, 1.165) is 0 Å². The molecule has 0 atom stereocenters. The van der Waals surface area contributed by atoms with Gasteiger partial charge in [0.2, 0.25) is 0 Å². The van der Waals surface area contributed by atoms with Crippen LogP contribution in [0, 0.1) is 11.3 Å². The van der Waals surface area contributed by atoms with Crippen molar-refractivity contribution in [2.24, 2.45) is 5.10 Å². The lowest BCUT2D eigenvalue weighted by Crippen LogP contribution is -2.17. The second-order valence-corrected chi connectivity index (χ2v) is 4.94. The van der Waals surface area contributed by atoms with E-state index in [4.69, 9.17) is 26.3 Å². The molecule has 0 saturated carbocycles. The summed E-state index contributed by atoms with van der Waals surface area (Å²) in [5.41, 5.74) is 3.44. The molecule has 0 bridgehead atoms. The van der Waals surface area contributed by atoms with Crippen molar-refractivity contribution >= 4 is 23.7 Å². The number of hydrogen-bond donors (Lipinski definition) is 1. The van der Waals surface area contributed by atoms with Crippen molar-refractivity contribution in [2.45, 2.75) is 0 Å². The standard InChI is InChI=1S/C17H14ClN3O3/c1-23-16-10-12(6-7-15(16)24-9-8-19)11-20-21-17(22)13-4-2-3-5-14(13)18/h2-7,10-11H,9H2,1H3,(H,21,22)/b20-11+. The SMILES string of the molecule is COc1cc(/C=N/NC(=O)c2ccccc2Cl)ccc1OCC#N. The third-order valence-corrected chi connectivity index (χ3v) is 3.31. The molecular formula is C17H14ClN3O3. The molecule has 122 valence electrons. The monoisotopic (exact) mass is 343 g/mol. The molecule has 0 aromatic heterocycles. The second-order valence-electron chi connectivity index (χ2n) is 4.54. The minimum absolute atomic E-state index is 0.0717. The number of benzene rings is 2. The fraction of sp³-hybridized carbons (Fsp3) is 0.118. The molecule has 0 heterocycles. The van der Waals surface area contributed by atoms with E-state index in [1.807, 2.05) is 6.07 Å². The van der Waals surface area contributed by atoms with Crippen molar-refractivity contribution in [2.75, 3.05) is 13.7 Å². The van der Waals surface area contributed by atoms with E-state index in [1.165, 1.54) is 13.3 Å². The Hall–Kier alpha value is -3.04. The van der Waals surface area contributed by atoms with Crippen LogP contribution in [-0.2, 0) is 0 Å². The van der Waals surface area contributed by atoms with Gasteiger partial charge < -0.3 is 9.47 Å². The van der Waals surface area contributed by atoms with Gasteiger partial charge in [-0.2, -0.15) is 10.4 Å². The van der Waals surface area contributed by atoms with Crippen molar-refractivity contribution < 1.29 is 14.3 Å². The van der Waals surface area contributed by atoms with E-state index in [0.29, 0.717) is 27.6 Å². The Labute approximate surface area is 144 Å². The predicted molar refractivity (Wildman–Crippen MR) is 90.6 cm³/mol. The lowest BCUT2D eigenvalue weighted by Gasteiger charge is -2.08. The predicted octanol–water partition coefficient (Wildman–Crippen LogP) is 3.01. The second kappa shape index (κ2) is 8.56. The maximum Gasteiger partial charge on any atom is 0.272 e. The van der Waals surface area contributed by atoms with Crippen LogP contribution in [0.25, 0.3) is 0 Å². The number of carbonyl (C=O) groups excluding carboxylic acids is 1. The van der Waals surface area contributed by atoms with Gasteiger partial charge in [0, 0.05) is 0 Å². The average Bonchev–Trinajstić information content (AvgIpc) is 2.60. The number of rotatable bonds is 6. The van der Waals surface area contributed by atoms with Crippen LogP contribution < -0.4 is 14.9 Å². The van der Waals surface area contributed by atoms with E-state index in [9.17, 15) is 4.79 Å². The minimum Gasteiger partial charge on any atom is -0.493 e. The molecule has 7 heteroatoms. The molecule has 0 spiro atoms. The molecule has 0 unspecified atom stereocenters. The first-order chi connectivity index (χ1) is 11.7. The van der Waals surface area contributed by atoms with Gasteiger partial charge in [-0.3, -0.25) is 4.79 Å². The van der Waals surface area contributed by atoms with Crippen molar-refractivity contribution in [3.63, 3.8) is 0 Å². The minimum atomic E-state index is -0.405. The van der Waals surface area contributed by atoms with Gasteiger partial charge in [-0.1, -0.05) is 23.7 Å². The molecule has 6 nitrogen and oxygen atoms in total. The number of nitriles is 1. The molecule has 2 rings (SSSR count). The average molecular weight is 344 g/mol. The Kier molecular flexibility index (Phi) is 6.17. The molecule has 0 aliphatic heterocycles. The topological polar surface area (TPSA) is 83.7 Å². The highest BCUT2D eigenvalue weighted by Gasteiger charge is 2.08. The highest BCUT2D eigenvalue weighted by Crippen LogP contribution is 2.27. The summed E-state index contributed by atoms with van der Waals surface area (Å²) >= 11 is 5.95. The van der Waals surface area contributed by atoms with Crippen LogP contribution >= 0.6 is 11.6 Å². The summed E-state index contributed by atoms with van der Waals surface area (Å²) in [6, 6.07) is 13.6. The highest BCUT2D eigenvalue weighted by atomic mass is 35.5. The number of amides is 1. The Bertz CT molecular complexity index is 800. The molecule has 2 aromatic carbocycles. The Morgan fingerprint density at radius 1 is 1.33 bits per heavy atom. The van der Waals surface area contributed by atoms with Crippen molar-refractivity contribution in [3.05, 3.63) is 58.6 Å². The highest BCUT2D eigenvalue weighted by molar-refractivity contribution is 6.33. The summed E-state index contributed by atoms with van der Waals surface area (Å²) in [7, 11) is 1.49. The summed E-state index contributed by atoms with van der Waals surface area (Å²) in [5, 5.41) is 12.8. The Balaban J connectivity index is 2.05. The molecule has 1 N–H and O–H groups in total. The molecule has 0 aliphatic carbocycles. The third-order valence-electron chi connectivity index (χ3n) is 2.98. The summed E-state index contributed by atoms with van der Waals surface area (Å²) in [5.74, 6) is 0.515. The van der Waals surface area contributed by atoms with Gasteiger partial charge in [0.15, 0.2) is 18.1 Å². The Morgan fingerprint density at radius 2 is 2.12 bits per heavy atom. The first-order valence-corrected chi connectivity index (χ1v) is 7.29. The summed E-state index contributed by atoms with van der Waals surface area (Å²) in [6.07, 6.45) is 1.46. The van der Waals surface area contributed by atoms with Crippen LogP contribution in [0.2, 0.25) is 5.02 Å². The maximum absolute atomic E-state index is 12.0. The number of carbonyl (C=O) groups is 1. The summed E-state index contributed by atoms with van der Waals surface area (Å²) in [4.78, 5) is 12.0. The van der Waals surface area contributed by atoms with Gasteiger partial charge in [0.1, 0.15) is 6.07 Å². The maximum atomic E-state index is 12.0. The molecule has 0 saturated heterocycles. The summed E-state index contributed by atoms with van der Waals surface area (Å²) < 4.78 is 10.4. The van der Waals surface area contributed by atoms with E-state index in [-0.39, 0.29) is 6.61 Å². The van der Waals surface area contributed by atoms with Crippen LogP contribution in [0.15, 0.2) is 47.6 Å². The van der Waals surface area contributed by atoms with Crippen LogP contribution in [0.1, 0.15) is 15.9 Å². The number of hydrazone groups is 1.